The normalized spacial score (nSPS) is 23.6. The molecule has 4 heteroatoms. The third kappa shape index (κ3) is 4.87. The molecule has 1 heterocycles. The Morgan fingerprint density at radius 2 is 1.81 bits per heavy atom. The molecule has 2 fully saturated rings. The van der Waals surface area contributed by atoms with Crippen LogP contribution in [-0.2, 0) is 4.74 Å². The minimum absolute atomic E-state index is 0.267. The molecule has 21 heavy (non-hydrogen) atoms. The number of alkyl carbamates (subject to hydrolysis) is 1. The fourth-order valence-electron chi connectivity index (χ4n) is 3.93. The molecule has 1 saturated heterocycles. The van der Waals surface area contributed by atoms with Gasteiger partial charge in [-0.15, -0.1) is 0 Å². The van der Waals surface area contributed by atoms with Gasteiger partial charge in [-0.3, -0.25) is 0 Å². The largest absolute Gasteiger partial charge is 0.444 e. The Morgan fingerprint density at radius 3 is 2.38 bits per heavy atom. The highest BCUT2D eigenvalue weighted by molar-refractivity contribution is 5.67. The second kappa shape index (κ2) is 6.99. The molecule has 4 nitrogen and oxygen atoms in total. The molecule has 2 aliphatic rings. The quantitative estimate of drug-likeness (QED) is 0.838. The van der Waals surface area contributed by atoms with Gasteiger partial charge in [-0.1, -0.05) is 19.3 Å². The molecule has 1 amide bonds. The zero-order valence-corrected chi connectivity index (χ0v) is 14.0. The molecular formula is C17H32N2O2. The van der Waals surface area contributed by atoms with Crippen molar-refractivity contribution >= 4 is 6.09 Å². The van der Waals surface area contributed by atoms with E-state index in [0.29, 0.717) is 0 Å². The third-order valence-electron chi connectivity index (χ3n) is 5.05. The van der Waals surface area contributed by atoms with E-state index < -0.39 is 5.60 Å². The predicted octanol–water partition coefficient (Wildman–Crippen LogP) is 3.46. The summed E-state index contributed by atoms with van der Waals surface area (Å²) in [5, 5.41) is 6.52. The first kappa shape index (κ1) is 16.6. The predicted molar refractivity (Wildman–Crippen MR) is 85.3 cm³/mol. The van der Waals surface area contributed by atoms with Crippen molar-refractivity contribution in [3.8, 4) is 0 Å². The van der Waals surface area contributed by atoms with Crippen LogP contribution in [0.3, 0.4) is 0 Å². The van der Waals surface area contributed by atoms with Crippen molar-refractivity contribution in [3.63, 3.8) is 0 Å². The number of amides is 1. The Morgan fingerprint density at radius 1 is 1.19 bits per heavy atom. The molecule has 0 spiro atoms. The van der Waals surface area contributed by atoms with Crippen molar-refractivity contribution < 1.29 is 9.53 Å². The maximum absolute atomic E-state index is 12.0. The monoisotopic (exact) mass is 296 g/mol. The highest BCUT2D eigenvalue weighted by Crippen LogP contribution is 2.44. The molecule has 122 valence electrons. The van der Waals surface area contributed by atoms with Crippen molar-refractivity contribution in [2.24, 2.45) is 11.3 Å². The first-order valence-corrected chi connectivity index (χ1v) is 8.59. The molecule has 0 aromatic carbocycles. The van der Waals surface area contributed by atoms with Gasteiger partial charge in [0.2, 0.25) is 0 Å². The fraction of sp³-hybridized carbons (Fsp3) is 0.941. The Hall–Kier alpha value is -0.770. The van der Waals surface area contributed by atoms with Gasteiger partial charge >= 0.3 is 6.09 Å². The standard InChI is InChI=1S/C17H32N2O2/c1-16(2,3)21-15(20)19-13-17(9-11-18-12-10-17)14-7-5-4-6-8-14/h14,18H,4-13H2,1-3H3,(H,19,20). The highest BCUT2D eigenvalue weighted by atomic mass is 16.6. The Balaban J connectivity index is 1.94. The minimum atomic E-state index is -0.420. The van der Waals surface area contributed by atoms with Crippen molar-refractivity contribution in [1.82, 2.24) is 10.6 Å². The lowest BCUT2D eigenvalue weighted by molar-refractivity contribution is 0.0381. The SMILES string of the molecule is CC(C)(C)OC(=O)NCC1(C2CCCCC2)CCNCC1. The van der Waals surface area contributed by atoms with Gasteiger partial charge in [0.25, 0.3) is 0 Å². The summed E-state index contributed by atoms with van der Waals surface area (Å²) in [6.45, 7) is 8.66. The molecule has 0 aromatic heterocycles. The van der Waals surface area contributed by atoms with Crippen LogP contribution in [0.4, 0.5) is 4.79 Å². The van der Waals surface area contributed by atoms with Crippen LogP contribution < -0.4 is 10.6 Å². The summed E-state index contributed by atoms with van der Waals surface area (Å²) in [5.41, 5.74) is -0.140. The molecular weight excluding hydrogens is 264 g/mol. The molecule has 1 saturated carbocycles. The van der Waals surface area contributed by atoms with E-state index in [1.807, 2.05) is 20.8 Å². The molecule has 0 bridgehead atoms. The number of nitrogens with one attached hydrogen (secondary N) is 2. The summed E-state index contributed by atoms with van der Waals surface area (Å²) in [6, 6.07) is 0. The van der Waals surface area contributed by atoms with Crippen LogP contribution in [0, 0.1) is 11.3 Å². The van der Waals surface area contributed by atoms with Gasteiger partial charge in [0.05, 0.1) is 0 Å². The van der Waals surface area contributed by atoms with Crippen LogP contribution in [0.5, 0.6) is 0 Å². The van der Waals surface area contributed by atoms with Gasteiger partial charge in [-0.2, -0.15) is 0 Å². The van der Waals surface area contributed by atoms with Crippen LogP contribution in [0.15, 0.2) is 0 Å². The maximum Gasteiger partial charge on any atom is 0.407 e. The summed E-state index contributed by atoms with van der Waals surface area (Å²) >= 11 is 0. The summed E-state index contributed by atoms with van der Waals surface area (Å²) < 4.78 is 5.40. The van der Waals surface area contributed by atoms with E-state index in [9.17, 15) is 4.79 Å². The maximum atomic E-state index is 12.0. The Labute approximate surface area is 129 Å². The smallest absolute Gasteiger partial charge is 0.407 e. The van der Waals surface area contributed by atoms with Crippen molar-refractivity contribution in [3.05, 3.63) is 0 Å². The molecule has 1 aliphatic carbocycles. The number of carbonyl (C=O) groups is 1. The summed E-state index contributed by atoms with van der Waals surface area (Å²) in [5.74, 6) is 0.767. The molecule has 0 unspecified atom stereocenters. The van der Waals surface area contributed by atoms with E-state index in [2.05, 4.69) is 10.6 Å². The van der Waals surface area contributed by atoms with E-state index in [1.165, 1.54) is 44.9 Å². The first-order chi connectivity index (χ1) is 9.91. The third-order valence-corrected chi connectivity index (χ3v) is 5.05. The van der Waals surface area contributed by atoms with Crippen LogP contribution in [0.2, 0.25) is 0 Å². The molecule has 0 radical (unpaired) electrons. The molecule has 0 aromatic rings. The summed E-state index contributed by atoms with van der Waals surface area (Å²) in [6.07, 6.45) is 8.83. The second-order valence-electron chi connectivity index (χ2n) is 7.80. The zero-order chi connectivity index (χ0) is 15.3. The molecule has 0 atom stereocenters. The molecule has 2 N–H and O–H groups in total. The van der Waals surface area contributed by atoms with E-state index >= 15 is 0 Å². The van der Waals surface area contributed by atoms with Crippen molar-refractivity contribution in [2.75, 3.05) is 19.6 Å². The lowest BCUT2D eigenvalue weighted by Crippen LogP contribution is -2.50. The molecule has 2 rings (SSSR count). The fourth-order valence-corrected chi connectivity index (χ4v) is 3.93. The van der Waals surface area contributed by atoms with Gasteiger partial charge < -0.3 is 15.4 Å². The van der Waals surface area contributed by atoms with Gasteiger partial charge in [-0.05, 0) is 70.9 Å². The number of ether oxygens (including phenoxy) is 1. The zero-order valence-electron chi connectivity index (χ0n) is 14.0. The van der Waals surface area contributed by atoms with Crippen LogP contribution >= 0.6 is 0 Å². The number of hydrogen-bond donors (Lipinski definition) is 2. The first-order valence-electron chi connectivity index (χ1n) is 8.59. The average molecular weight is 296 g/mol. The lowest BCUT2D eigenvalue weighted by Gasteiger charge is -2.45. The second-order valence-corrected chi connectivity index (χ2v) is 7.80. The number of piperidine rings is 1. The highest BCUT2D eigenvalue weighted by Gasteiger charge is 2.40. The van der Waals surface area contributed by atoms with Crippen LogP contribution in [0.25, 0.3) is 0 Å². The number of hydrogen-bond acceptors (Lipinski definition) is 3. The van der Waals surface area contributed by atoms with E-state index in [0.717, 1.165) is 25.6 Å². The average Bonchev–Trinajstić information content (AvgIpc) is 2.45. The topological polar surface area (TPSA) is 50.4 Å². The van der Waals surface area contributed by atoms with Crippen molar-refractivity contribution in [1.29, 1.82) is 0 Å². The van der Waals surface area contributed by atoms with E-state index in [1.54, 1.807) is 0 Å². The van der Waals surface area contributed by atoms with Gasteiger partial charge in [0.15, 0.2) is 0 Å². The summed E-state index contributed by atoms with van der Waals surface area (Å²) in [4.78, 5) is 12.0. The number of carbonyl (C=O) groups excluding carboxylic acids is 1. The van der Waals surface area contributed by atoms with Gasteiger partial charge in [-0.25, -0.2) is 4.79 Å². The van der Waals surface area contributed by atoms with Crippen molar-refractivity contribution in [2.45, 2.75) is 71.3 Å². The van der Waals surface area contributed by atoms with E-state index in [4.69, 9.17) is 4.74 Å². The van der Waals surface area contributed by atoms with Gasteiger partial charge in [0, 0.05) is 6.54 Å². The minimum Gasteiger partial charge on any atom is -0.444 e. The Kier molecular flexibility index (Phi) is 5.53. The number of rotatable bonds is 3. The molecule has 1 aliphatic heterocycles. The van der Waals surface area contributed by atoms with E-state index in [-0.39, 0.29) is 11.5 Å². The summed E-state index contributed by atoms with van der Waals surface area (Å²) in [7, 11) is 0. The van der Waals surface area contributed by atoms with Crippen LogP contribution in [-0.4, -0.2) is 31.3 Å². The van der Waals surface area contributed by atoms with Gasteiger partial charge in [0.1, 0.15) is 5.60 Å². The lowest BCUT2D eigenvalue weighted by atomic mass is 9.64. The Bertz CT molecular complexity index is 337. The van der Waals surface area contributed by atoms with Crippen LogP contribution in [0.1, 0.15) is 65.7 Å².